The fourth-order valence-electron chi connectivity index (χ4n) is 4.90. The Hall–Kier alpha value is -3.81. The number of unbranched alkanes of at least 4 members (excludes halogenated alkanes) is 8. The second-order valence-electron chi connectivity index (χ2n) is 10.9. The second-order valence-corrected chi connectivity index (χ2v) is 10.9. The first-order valence-electron chi connectivity index (χ1n) is 15.6. The summed E-state index contributed by atoms with van der Waals surface area (Å²) in [6, 6.07) is 21.8. The molecule has 0 fully saturated rings. The predicted molar refractivity (Wildman–Crippen MR) is 167 cm³/mol. The maximum atomic E-state index is 13.4. The van der Waals surface area contributed by atoms with Gasteiger partial charge in [-0.15, -0.1) is 0 Å². The lowest BCUT2D eigenvalue weighted by Crippen LogP contribution is -2.34. The molecule has 0 aromatic heterocycles. The third-order valence-electron chi connectivity index (χ3n) is 7.37. The molecule has 0 saturated carbocycles. The quantitative estimate of drug-likeness (QED) is 0.0862. The molecule has 1 atom stereocenters. The normalized spacial score (nSPS) is 12.0. The van der Waals surface area contributed by atoms with Crippen LogP contribution in [0.25, 0.3) is 22.3 Å². The molecule has 0 bridgehead atoms. The number of carbonyl (C=O) groups excluding carboxylic acids is 2. The van der Waals surface area contributed by atoms with E-state index in [1.165, 1.54) is 31.7 Å². The molecule has 0 heterocycles. The van der Waals surface area contributed by atoms with Gasteiger partial charge in [-0.25, -0.2) is 9.59 Å². The summed E-state index contributed by atoms with van der Waals surface area (Å²) in [6.07, 6.45) is 0.438. The van der Waals surface area contributed by atoms with Crippen molar-refractivity contribution in [2.75, 3.05) is 6.61 Å². The molecule has 3 aromatic rings. The molecule has 0 aliphatic rings. The molecular weight excluding hydrogens is 569 g/mol. The monoisotopic (exact) mass is 612 g/mol. The standard InChI is InChI=1S/C36H43F3O5/c1-3-5-7-9-10-15-25-42-30-22-19-28(20-23-30)31-24-21-29(26-32(31)27-16-12-11-13-17-27)34(40)44-35(41)43-33(36(37,38)39)18-14-8-6-4-2/h11-13,16-17,19-24,26,33H,3-10,14-15,18,25H2,1-2H3. The number of ether oxygens (including phenoxy) is 3. The highest BCUT2D eigenvalue weighted by Gasteiger charge is 2.43. The molecule has 8 heteroatoms. The largest absolute Gasteiger partial charge is 0.517 e. The van der Waals surface area contributed by atoms with Gasteiger partial charge in [0.25, 0.3) is 0 Å². The summed E-state index contributed by atoms with van der Waals surface area (Å²) in [6.45, 7) is 4.80. The highest BCUT2D eigenvalue weighted by atomic mass is 19.4. The number of benzene rings is 3. The Morgan fingerprint density at radius 1 is 0.705 bits per heavy atom. The van der Waals surface area contributed by atoms with E-state index >= 15 is 0 Å². The molecule has 0 aliphatic heterocycles. The van der Waals surface area contributed by atoms with E-state index in [-0.39, 0.29) is 18.4 Å². The van der Waals surface area contributed by atoms with Crippen LogP contribution < -0.4 is 4.74 Å². The van der Waals surface area contributed by atoms with Crippen LogP contribution in [0.15, 0.2) is 72.8 Å². The molecule has 0 amide bonds. The van der Waals surface area contributed by atoms with Gasteiger partial charge in [0.15, 0.2) is 0 Å². The lowest BCUT2D eigenvalue weighted by molar-refractivity contribution is -0.209. The molecule has 1 unspecified atom stereocenters. The highest BCUT2D eigenvalue weighted by Crippen LogP contribution is 2.34. The summed E-state index contributed by atoms with van der Waals surface area (Å²) in [5.41, 5.74) is 3.22. The molecule has 0 radical (unpaired) electrons. The van der Waals surface area contributed by atoms with Crippen LogP contribution in [0.1, 0.15) is 94.8 Å². The minimum absolute atomic E-state index is 0.00921. The van der Waals surface area contributed by atoms with E-state index in [2.05, 4.69) is 11.7 Å². The number of hydrogen-bond acceptors (Lipinski definition) is 5. The van der Waals surface area contributed by atoms with Crippen LogP contribution in [0.4, 0.5) is 18.0 Å². The Balaban J connectivity index is 1.71. The minimum atomic E-state index is -4.76. The third kappa shape index (κ3) is 11.4. The average molecular weight is 613 g/mol. The van der Waals surface area contributed by atoms with Gasteiger partial charge in [0.05, 0.1) is 12.2 Å². The maximum absolute atomic E-state index is 13.4. The topological polar surface area (TPSA) is 61.8 Å². The average Bonchev–Trinajstić information content (AvgIpc) is 3.02. The van der Waals surface area contributed by atoms with Gasteiger partial charge < -0.3 is 14.2 Å². The zero-order chi connectivity index (χ0) is 31.8. The summed E-state index contributed by atoms with van der Waals surface area (Å²) >= 11 is 0. The molecule has 0 aliphatic carbocycles. The van der Waals surface area contributed by atoms with Crippen LogP contribution in [-0.4, -0.2) is 31.0 Å². The van der Waals surface area contributed by atoms with Crippen LogP contribution in [0, 0.1) is 0 Å². The summed E-state index contributed by atoms with van der Waals surface area (Å²) in [5, 5.41) is 0. The van der Waals surface area contributed by atoms with Crippen molar-refractivity contribution in [3.63, 3.8) is 0 Å². The van der Waals surface area contributed by atoms with E-state index in [1.807, 2.05) is 61.5 Å². The number of esters is 1. The van der Waals surface area contributed by atoms with Crippen LogP contribution >= 0.6 is 0 Å². The maximum Gasteiger partial charge on any atom is 0.517 e. The van der Waals surface area contributed by atoms with Crippen LogP contribution in [0.3, 0.4) is 0 Å². The molecule has 238 valence electrons. The Bertz CT molecular complexity index is 1290. The summed E-state index contributed by atoms with van der Waals surface area (Å²) < 4.78 is 55.4. The van der Waals surface area contributed by atoms with Crippen molar-refractivity contribution in [3.8, 4) is 28.0 Å². The van der Waals surface area contributed by atoms with E-state index in [0.717, 1.165) is 48.1 Å². The zero-order valence-corrected chi connectivity index (χ0v) is 25.7. The van der Waals surface area contributed by atoms with E-state index in [9.17, 15) is 22.8 Å². The van der Waals surface area contributed by atoms with Gasteiger partial charge in [0, 0.05) is 0 Å². The molecule has 5 nitrogen and oxygen atoms in total. The van der Waals surface area contributed by atoms with E-state index < -0.39 is 24.4 Å². The molecule has 0 saturated heterocycles. The van der Waals surface area contributed by atoms with Crippen molar-refractivity contribution in [2.24, 2.45) is 0 Å². The second kappa shape index (κ2) is 18.1. The first kappa shape index (κ1) is 34.7. The first-order chi connectivity index (χ1) is 21.2. The molecule has 0 N–H and O–H groups in total. The van der Waals surface area contributed by atoms with Gasteiger partial charge in [-0.2, -0.15) is 13.2 Å². The van der Waals surface area contributed by atoms with Crippen molar-refractivity contribution in [3.05, 3.63) is 78.4 Å². The number of halogens is 3. The van der Waals surface area contributed by atoms with Crippen LogP contribution in [0.5, 0.6) is 5.75 Å². The summed E-state index contributed by atoms with van der Waals surface area (Å²) in [7, 11) is 0. The van der Waals surface area contributed by atoms with Gasteiger partial charge in [-0.1, -0.05) is 114 Å². The number of rotatable bonds is 17. The van der Waals surface area contributed by atoms with Crippen LogP contribution in [-0.2, 0) is 9.47 Å². The Morgan fingerprint density at radius 3 is 1.98 bits per heavy atom. The van der Waals surface area contributed by atoms with E-state index in [4.69, 9.17) is 9.47 Å². The first-order valence-corrected chi connectivity index (χ1v) is 15.6. The van der Waals surface area contributed by atoms with Crippen molar-refractivity contribution >= 4 is 12.1 Å². The lowest BCUT2D eigenvalue weighted by Gasteiger charge is -2.20. The van der Waals surface area contributed by atoms with Gasteiger partial charge in [-0.05, 0) is 65.8 Å². The summed E-state index contributed by atoms with van der Waals surface area (Å²) in [4.78, 5) is 25.1. The lowest BCUT2D eigenvalue weighted by atomic mass is 9.93. The van der Waals surface area contributed by atoms with Crippen molar-refractivity contribution in [1.82, 2.24) is 0 Å². The highest BCUT2D eigenvalue weighted by molar-refractivity contribution is 5.98. The number of carbonyl (C=O) groups is 2. The minimum Gasteiger partial charge on any atom is -0.494 e. The van der Waals surface area contributed by atoms with Gasteiger partial charge in [-0.3, -0.25) is 0 Å². The molecule has 3 rings (SSSR count). The fourth-order valence-corrected chi connectivity index (χ4v) is 4.90. The van der Waals surface area contributed by atoms with Gasteiger partial charge in [0.2, 0.25) is 6.10 Å². The molecule has 3 aromatic carbocycles. The molecule has 44 heavy (non-hydrogen) atoms. The van der Waals surface area contributed by atoms with Crippen molar-refractivity contribution < 1.29 is 37.0 Å². The Morgan fingerprint density at radius 2 is 1.32 bits per heavy atom. The molecule has 0 spiro atoms. The SMILES string of the molecule is CCCCCCCCOc1ccc(-c2ccc(C(=O)OC(=O)OC(CCCCCC)C(F)(F)F)cc2-c2ccccc2)cc1. The van der Waals surface area contributed by atoms with E-state index in [1.54, 1.807) is 12.1 Å². The molecular formula is C36H43F3O5. The smallest absolute Gasteiger partial charge is 0.494 e. The zero-order valence-electron chi connectivity index (χ0n) is 25.7. The summed E-state index contributed by atoms with van der Waals surface area (Å²) in [5.74, 6) is -0.325. The van der Waals surface area contributed by atoms with Crippen LogP contribution in [0.2, 0.25) is 0 Å². The predicted octanol–water partition coefficient (Wildman–Crippen LogP) is 11.0. The Labute approximate surface area is 258 Å². The third-order valence-corrected chi connectivity index (χ3v) is 7.37. The number of alkyl halides is 3. The van der Waals surface area contributed by atoms with Gasteiger partial charge in [0.1, 0.15) is 5.75 Å². The van der Waals surface area contributed by atoms with Crippen molar-refractivity contribution in [2.45, 2.75) is 96.8 Å². The fraction of sp³-hybridized carbons (Fsp3) is 0.444. The van der Waals surface area contributed by atoms with Gasteiger partial charge >= 0.3 is 18.3 Å². The number of hydrogen-bond donors (Lipinski definition) is 0. The van der Waals surface area contributed by atoms with Crippen molar-refractivity contribution in [1.29, 1.82) is 0 Å². The Kier molecular flexibility index (Phi) is 14.3. The van der Waals surface area contributed by atoms with E-state index in [0.29, 0.717) is 18.6 Å².